The molecule has 106 valence electrons. The molecule has 0 spiro atoms. The summed E-state index contributed by atoms with van der Waals surface area (Å²) in [6, 6.07) is 6.06. The van der Waals surface area contributed by atoms with Crippen molar-refractivity contribution in [3.63, 3.8) is 0 Å². The first kappa shape index (κ1) is 14.7. The van der Waals surface area contributed by atoms with Crippen LogP contribution in [0.3, 0.4) is 0 Å². The second-order valence-corrected chi connectivity index (χ2v) is 5.78. The van der Waals surface area contributed by atoms with Gasteiger partial charge in [0.25, 0.3) is 0 Å². The van der Waals surface area contributed by atoms with E-state index in [0.29, 0.717) is 5.82 Å². The van der Waals surface area contributed by atoms with Crippen molar-refractivity contribution in [2.45, 2.75) is 26.7 Å². The van der Waals surface area contributed by atoms with E-state index in [0.717, 1.165) is 27.1 Å². The Morgan fingerprint density at radius 3 is 2.50 bits per heavy atom. The maximum absolute atomic E-state index is 5.53. The molecule has 20 heavy (non-hydrogen) atoms. The molecule has 4 N–H and O–H groups in total. The van der Waals surface area contributed by atoms with Gasteiger partial charge in [0.2, 0.25) is 0 Å². The number of nitrogens with zero attached hydrogens (tertiary/aromatic N) is 2. The standard InChI is InChI=1S/C14H18BrN5/c1-8(2)12-13(17-7-18-14(12)20-16)19-11-5-4-10(15)6-9(11)3/h4-8H,16H2,1-3H3,(H2,17,18,19,20). The molecule has 2 rings (SSSR count). The molecule has 0 saturated heterocycles. The number of hydrazine groups is 1. The molecule has 0 amide bonds. The zero-order valence-electron chi connectivity index (χ0n) is 11.7. The van der Waals surface area contributed by atoms with Gasteiger partial charge in [0.15, 0.2) is 0 Å². The van der Waals surface area contributed by atoms with Crippen LogP contribution in [0, 0.1) is 6.92 Å². The fraction of sp³-hybridized carbons (Fsp3) is 0.286. The van der Waals surface area contributed by atoms with Crippen molar-refractivity contribution in [3.8, 4) is 0 Å². The summed E-state index contributed by atoms with van der Waals surface area (Å²) in [5.41, 5.74) is 5.74. The van der Waals surface area contributed by atoms with Gasteiger partial charge in [0.05, 0.1) is 0 Å². The maximum Gasteiger partial charge on any atom is 0.148 e. The minimum atomic E-state index is 0.250. The summed E-state index contributed by atoms with van der Waals surface area (Å²) in [5.74, 6) is 7.19. The lowest BCUT2D eigenvalue weighted by Gasteiger charge is -2.17. The van der Waals surface area contributed by atoms with Crippen LogP contribution >= 0.6 is 15.9 Å². The normalized spacial score (nSPS) is 10.7. The molecule has 1 aromatic carbocycles. The Bertz CT molecular complexity index is 613. The number of rotatable bonds is 4. The number of benzene rings is 1. The van der Waals surface area contributed by atoms with Crippen molar-refractivity contribution in [2.24, 2.45) is 5.84 Å². The third-order valence-electron chi connectivity index (χ3n) is 3.04. The van der Waals surface area contributed by atoms with Crippen LogP contribution in [-0.2, 0) is 0 Å². The summed E-state index contributed by atoms with van der Waals surface area (Å²) < 4.78 is 1.05. The molecule has 1 aromatic heterocycles. The van der Waals surface area contributed by atoms with Gasteiger partial charge in [-0.3, -0.25) is 0 Å². The van der Waals surface area contributed by atoms with E-state index < -0.39 is 0 Å². The molecule has 0 aliphatic carbocycles. The van der Waals surface area contributed by atoms with Gasteiger partial charge >= 0.3 is 0 Å². The van der Waals surface area contributed by atoms with E-state index in [9.17, 15) is 0 Å². The van der Waals surface area contributed by atoms with Crippen molar-refractivity contribution in [3.05, 3.63) is 40.1 Å². The predicted octanol–water partition coefficient (Wildman–Crippen LogP) is 3.70. The van der Waals surface area contributed by atoms with E-state index in [1.807, 2.05) is 19.1 Å². The van der Waals surface area contributed by atoms with Gasteiger partial charge in [0.1, 0.15) is 18.0 Å². The van der Waals surface area contributed by atoms with Gasteiger partial charge in [-0.15, -0.1) is 0 Å². The second kappa shape index (κ2) is 6.19. The SMILES string of the molecule is Cc1cc(Br)ccc1Nc1ncnc(NN)c1C(C)C. The molecule has 6 heteroatoms. The molecular weight excluding hydrogens is 318 g/mol. The minimum absolute atomic E-state index is 0.250. The molecule has 1 heterocycles. The summed E-state index contributed by atoms with van der Waals surface area (Å²) in [5, 5.41) is 3.36. The number of anilines is 3. The average Bonchev–Trinajstić information content (AvgIpc) is 2.41. The third kappa shape index (κ3) is 3.08. The lowest BCUT2D eigenvalue weighted by atomic mass is 10.0. The number of nitrogens with two attached hydrogens (primary N) is 1. The monoisotopic (exact) mass is 335 g/mol. The van der Waals surface area contributed by atoms with Gasteiger partial charge in [-0.2, -0.15) is 0 Å². The Morgan fingerprint density at radius 1 is 1.20 bits per heavy atom. The number of nitrogens with one attached hydrogen (secondary N) is 2. The first-order chi connectivity index (χ1) is 9.52. The van der Waals surface area contributed by atoms with Gasteiger partial charge in [-0.1, -0.05) is 29.8 Å². The van der Waals surface area contributed by atoms with E-state index in [1.165, 1.54) is 6.33 Å². The van der Waals surface area contributed by atoms with E-state index in [1.54, 1.807) is 0 Å². The topological polar surface area (TPSA) is 75.9 Å². The summed E-state index contributed by atoms with van der Waals surface area (Å²) >= 11 is 3.46. The third-order valence-corrected chi connectivity index (χ3v) is 3.53. The molecule has 5 nitrogen and oxygen atoms in total. The highest BCUT2D eigenvalue weighted by Crippen LogP contribution is 2.31. The zero-order chi connectivity index (χ0) is 14.7. The summed E-state index contributed by atoms with van der Waals surface area (Å²) in [6.45, 7) is 6.21. The Kier molecular flexibility index (Phi) is 4.57. The molecule has 0 saturated carbocycles. The van der Waals surface area contributed by atoms with Crippen molar-refractivity contribution in [1.82, 2.24) is 9.97 Å². The number of hydrogen-bond acceptors (Lipinski definition) is 5. The van der Waals surface area contributed by atoms with E-state index in [4.69, 9.17) is 5.84 Å². The fourth-order valence-corrected chi connectivity index (χ4v) is 2.53. The zero-order valence-corrected chi connectivity index (χ0v) is 13.3. The Hall–Kier alpha value is -1.66. The van der Waals surface area contributed by atoms with Crippen LogP contribution in [0.1, 0.15) is 30.9 Å². The van der Waals surface area contributed by atoms with Gasteiger partial charge < -0.3 is 10.7 Å². The lowest BCUT2D eigenvalue weighted by Crippen LogP contribution is -2.14. The lowest BCUT2D eigenvalue weighted by molar-refractivity contribution is 0.850. The van der Waals surface area contributed by atoms with Gasteiger partial charge in [0, 0.05) is 15.7 Å². The smallest absolute Gasteiger partial charge is 0.148 e. The number of hydrogen-bond donors (Lipinski definition) is 3. The Labute approximate surface area is 127 Å². The van der Waals surface area contributed by atoms with Crippen LogP contribution in [0.4, 0.5) is 17.3 Å². The molecule has 0 atom stereocenters. The van der Waals surface area contributed by atoms with Crippen molar-refractivity contribution in [2.75, 3.05) is 10.7 Å². The summed E-state index contributed by atoms with van der Waals surface area (Å²) in [4.78, 5) is 8.50. The van der Waals surface area contributed by atoms with Gasteiger partial charge in [-0.05, 0) is 36.6 Å². The minimum Gasteiger partial charge on any atom is -0.340 e. The van der Waals surface area contributed by atoms with Crippen LogP contribution in [0.15, 0.2) is 29.0 Å². The molecule has 2 aromatic rings. The van der Waals surface area contributed by atoms with Gasteiger partial charge in [-0.25, -0.2) is 15.8 Å². The molecule has 0 aliphatic rings. The van der Waals surface area contributed by atoms with E-state index in [2.05, 4.69) is 56.6 Å². The number of halogens is 1. The number of aromatic nitrogens is 2. The van der Waals surface area contributed by atoms with Crippen LogP contribution in [0.5, 0.6) is 0 Å². The largest absolute Gasteiger partial charge is 0.340 e. The highest BCUT2D eigenvalue weighted by atomic mass is 79.9. The first-order valence-corrected chi connectivity index (χ1v) is 7.17. The summed E-state index contributed by atoms with van der Waals surface area (Å²) in [7, 11) is 0. The van der Waals surface area contributed by atoms with Crippen LogP contribution in [0.2, 0.25) is 0 Å². The first-order valence-electron chi connectivity index (χ1n) is 6.37. The number of aryl methyl sites for hydroxylation is 1. The van der Waals surface area contributed by atoms with E-state index >= 15 is 0 Å². The highest BCUT2D eigenvalue weighted by Gasteiger charge is 2.15. The van der Waals surface area contributed by atoms with E-state index in [-0.39, 0.29) is 5.92 Å². The highest BCUT2D eigenvalue weighted by molar-refractivity contribution is 9.10. The van der Waals surface area contributed by atoms with Crippen molar-refractivity contribution in [1.29, 1.82) is 0 Å². The molecule has 0 unspecified atom stereocenters. The molecule has 0 bridgehead atoms. The van der Waals surface area contributed by atoms with Crippen LogP contribution in [-0.4, -0.2) is 9.97 Å². The van der Waals surface area contributed by atoms with Crippen LogP contribution < -0.4 is 16.6 Å². The van der Waals surface area contributed by atoms with Crippen molar-refractivity contribution < 1.29 is 0 Å². The number of nitrogen functional groups attached to an aromatic ring is 1. The second-order valence-electron chi connectivity index (χ2n) is 4.87. The maximum atomic E-state index is 5.53. The molecule has 0 radical (unpaired) electrons. The Morgan fingerprint density at radius 2 is 1.90 bits per heavy atom. The summed E-state index contributed by atoms with van der Waals surface area (Å²) in [6.07, 6.45) is 1.50. The predicted molar refractivity (Wildman–Crippen MR) is 86.1 cm³/mol. The molecular formula is C14H18BrN5. The van der Waals surface area contributed by atoms with Crippen LogP contribution in [0.25, 0.3) is 0 Å². The quantitative estimate of drug-likeness (QED) is 0.586. The molecule has 0 fully saturated rings. The fourth-order valence-electron chi connectivity index (χ4n) is 2.05. The average molecular weight is 336 g/mol. The molecule has 0 aliphatic heterocycles. The van der Waals surface area contributed by atoms with Crippen molar-refractivity contribution >= 4 is 33.3 Å². The Balaban J connectivity index is 2.43.